The highest BCUT2D eigenvalue weighted by Crippen LogP contribution is 2.52. The molecule has 1 spiro atoms. The second-order valence-corrected chi connectivity index (χ2v) is 16.4. The van der Waals surface area contributed by atoms with E-state index in [4.69, 9.17) is 18.9 Å². The lowest BCUT2D eigenvalue weighted by molar-refractivity contribution is -0.248. The number of carbonyl (C=O) groups is 3. The molecule has 314 valence electrons. The monoisotopic (exact) mass is 841 g/mol. The minimum Gasteiger partial charge on any atom is -0.497 e. The maximum Gasteiger partial charge on any atom is 0.491 e. The molecule has 0 radical (unpaired) electrons. The highest BCUT2D eigenvalue weighted by molar-refractivity contribution is 7.93. The van der Waals surface area contributed by atoms with E-state index < -0.39 is 56.2 Å². The highest BCUT2D eigenvalue weighted by atomic mass is 32.2. The summed E-state index contributed by atoms with van der Waals surface area (Å²) >= 11 is 0. The Balaban J connectivity index is 1.33. The Labute approximate surface area is 338 Å². The number of benzene rings is 2. The predicted octanol–water partition coefficient (Wildman–Crippen LogP) is 3.64. The number of carbonyl (C=O) groups excluding carboxylic acids is 3. The van der Waals surface area contributed by atoms with Gasteiger partial charge in [-0.15, -0.1) is 0 Å². The van der Waals surface area contributed by atoms with Crippen molar-refractivity contribution < 1.29 is 54.9 Å². The van der Waals surface area contributed by atoms with Gasteiger partial charge in [0.1, 0.15) is 16.4 Å². The van der Waals surface area contributed by atoms with Gasteiger partial charge in [0.25, 0.3) is 15.9 Å². The normalized spacial score (nSPS) is 21.9. The SMILES string of the molecule is CCOc1ncccc1C1(NC(=O)N2CC3(CCN(C4CCNCC4)CC3)C2OC(=O)C(F)(F)F)C(=O)N(S(=O)(=O)c2ccc(OC)cc2OC)c2ccc(C#N)cc21. The first-order chi connectivity index (χ1) is 28.1. The van der Waals surface area contributed by atoms with E-state index in [0.29, 0.717) is 30.2 Å². The first kappa shape index (κ1) is 41.5. The number of aromatic nitrogens is 1. The zero-order valence-electron chi connectivity index (χ0n) is 32.4. The zero-order valence-corrected chi connectivity index (χ0v) is 33.2. The number of piperidine rings is 2. The van der Waals surface area contributed by atoms with Gasteiger partial charge in [-0.25, -0.2) is 23.0 Å². The quantitative estimate of drug-likeness (QED) is 0.282. The summed E-state index contributed by atoms with van der Waals surface area (Å²) in [7, 11) is -2.34. The van der Waals surface area contributed by atoms with Crippen molar-refractivity contribution in [2.24, 2.45) is 5.41 Å². The Hall–Kier alpha value is -5.65. The molecule has 2 atom stereocenters. The van der Waals surface area contributed by atoms with Gasteiger partial charge in [-0.2, -0.15) is 22.7 Å². The number of likely N-dealkylation sites (tertiary alicyclic amines) is 2. The van der Waals surface area contributed by atoms with Gasteiger partial charge in [-0.05, 0) is 101 Å². The van der Waals surface area contributed by atoms with E-state index in [1.807, 2.05) is 6.07 Å². The van der Waals surface area contributed by atoms with Crippen molar-refractivity contribution in [3.63, 3.8) is 0 Å². The lowest BCUT2D eigenvalue weighted by atomic mass is 9.69. The van der Waals surface area contributed by atoms with Gasteiger partial charge >= 0.3 is 18.2 Å². The van der Waals surface area contributed by atoms with E-state index >= 15 is 4.79 Å². The number of nitrogens with one attached hydrogen (secondary N) is 2. The number of ether oxygens (including phenoxy) is 4. The van der Waals surface area contributed by atoms with Crippen molar-refractivity contribution in [1.82, 2.24) is 25.4 Å². The van der Waals surface area contributed by atoms with Gasteiger partial charge in [0.15, 0.2) is 11.8 Å². The second kappa shape index (κ2) is 15.8. The number of hydrogen-bond acceptors (Lipinski definition) is 13. The molecular weight excluding hydrogens is 800 g/mol. The molecule has 59 heavy (non-hydrogen) atoms. The van der Waals surface area contributed by atoms with Crippen molar-refractivity contribution in [2.45, 2.75) is 61.5 Å². The molecule has 1 aromatic heterocycles. The molecule has 20 heteroatoms. The number of sulfonamides is 1. The summed E-state index contributed by atoms with van der Waals surface area (Å²) in [6, 6.07) is 11.4. The molecule has 16 nitrogen and oxygen atoms in total. The number of amides is 3. The van der Waals surface area contributed by atoms with Crippen LogP contribution in [-0.2, 0) is 29.9 Å². The highest BCUT2D eigenvalue weighted by Gasteiger charge is 2.63. The third-order valence-corrected chi connectivity index (χ3v) is 13.3. The van der Waals surface area contributed by atoms with Gasteiger partial charge in [0, 0.05) is 35.8 Å². The van der Waals surface area contributed by atoms with Crippen LogP contribution in [0.25, 0.3) is 0 Å². The molecule has 0 bridgehead atoms. The first-order valence-corrected chi connectivity index (χ1v) is 20.3. The number of alkyl halides is 3. The van der Waals surface area contributed by atoms with Crippen molar-refractivity contribution in [2.75, 3.05) is 57.9 Å². The van der Waals surface area contributed by atoms with Crippen LogP contribution in [0.2, 0.25) is 0 Å². The molecule has 4 aliphatic heterocycles. The topological polar surface area (TPSA) is 193 Å². The van der Waals surface area contributed by atoms with Gasteiger partial charge in [-0.3, -0.25) is 9.69 Å². The molecule has 5 heterocycles. The van der Waals surface area contributed by atoms with Crippen LogP contribution in [0.1, 0.15) is 49.3 Å². The minimum absolute atomic E-state index is 0.0108. The van der Waals surface area contributed by atoms with E-state index in [1.165, 1.54) is 68.9 Å². The molecule has 7 rings (SSSR count). The van der Waals surface area contributed by atoms with Crippen molar-refractivity contribution >= 4 is 33.6 Å². The number of esters is 1. The van der Waals surface area contributed by atoms with E-state index in [0.717, 1.165) is 30.8 Å². The first-order valence-electron chi connectivity index (χ1n) is 18.9. The molecule has 0 aliphatic carbocycles. The lowest BCUT2D eigenvalue weighted by Gasteiger charge is -2.59. The fraction of sp³-hybridized carbons (Fsp3) is 0.462. The number of halogens is 3. The van der Waals surface area contributed by atoms with Gasteiger partial charge < -0.3 is 34.5 Å². The molecule has 2 N–H and O–H groups in total. The second-order valence-electron chi connectivity index (χ2n) is 14.7. The average molecular weight is 842 g/mol. The van der Waals surface area contributed by atoms with Crippen LogP contribution in [0, 0.1) is 16.7 Å². The number of nitrogens with zero attached hydrogens (tertiary/aromatic N) is 5. The zero-order chi connectivity index (χ0) is 42.3. The van der Waals surface area contributed by atoms with Crippen LogP contribution < -0.4 is 29.1 Å². The standard InChI is InChI=1S/C39H42F3N7O9S/c1-4-57-32-27(6-5-15-45-32)38(28-20-24(22-43)7-9-29(28)49(33(38)50)59(53,54)31-10-8-26(55-2)21-30(31)56-3)46-36(52)48-23-37(34(48)58-35(51)39(40,41)42)13-18-47(19-14-37)25-11-16-44-17-12-25/h5-10,15,20-21,25,34,44H,4,11-14,16-19,23H2,1-3H3,(H,46,52). The fourth-order valence-corrected chi connectivity index (χ4v) is 10.2. The summed E-state index contributed by atoms with van der Waals surface area (Å²) in [5.74, 6) is -3.89. The molecule has 0 saturated carbocycles. The van der Waals surface area contributed by atoms with E-state index in [-0.39, 0.29) is 59.0 Å². The van der Waals surface area contributed by atoms with Crippen LogP contribution in [-0.4, -0.2) is 113 Å². The van der Waals surface area contributed by atoms with Crippen LogP contribution in [0.5, 0.6) is 17.4 Å². The largest absolute Gasteiger partial charge is 0.497 e. The molecule has 3 fully saturated rings. The maximum absolute atomic E-state index is 15.4. The number of nitriles is 1. The molecule has 3 aromatic rings. The molecule has 2 unspecified atom stereocenters. The molecule has 4 aliphatic rings. The summed E-state index contributed by atoms with van der Waals surface area (Å²) in [6.07, 6.45) is -3.33. The molecule has 3 amide bonds. The summed E-state index contributed by atoms with van der Waals surface area (Å²) in [5, 5.41) is 16.0. The smallest absolute Gasteiger partial charge is 0.491 e. The molecule has 2 aromatic carbocycles. The molecule has 3 saturated heterocycles. The summed E-state index contributed by atoms with van der Waals surface area (Å²) in [4.78, 5) is 49.6. The predicted molar refractivity (Wildman–Crippen MR) is 202 cm³/mol. The average Bonchev–Trinajstić information content (AvgIpc) is 3.48. The minimum atomic E-state index is -5.39. The van der Waals surface area contributed by atoms with Crippen LogP contribution >= 0.6 is 0 Å². The number of anilines is 1. The van der Waals surface area contributed by atoms with Gasteiger partial charge in [0.05, 0.1) is 43.7 Å². The van der Waals surface area contributed by atoms with Crippen LogP contribution in [0.4, 0.5) is 23.7 Å². The Bertz CT molecular complexity index is 2290. The third kappa shape index (κ3) is 7.14. The fourth-order valence-electron chi connectivity index (χ4n) is 8.56. The summed E-state index contributed by atoms with van der Waals surface area (Å²) in [5.41, 5.74) is -4.21. The Morgan fingerprint density at radius 3 is 2.42 bits per heavy atom. The maximum atomic E-state index is 15.4. The van der Waals surface area contributed by atoms with Gasteiger partial charge in [0.2, 0.25) is 5.88 Å². The van der Waals surface area contributed by atoms with E-state index in [9.17, 15) is 36.4 Å². The third-order valence-electron chi connectivity index (χ3n) is 11.5. The number of fused-ring (bicyclic) bond motifs is 1. The van der Waals surface area contributed by atoms with E-state index in [2.05, 4.69) is 20.5 Å². The Kier molecular flexibility index (Phi) is 11.1. The number of rotatable bonds is 10. The van der Waals surface area contributed by atoms with E-state index in [1.54, 1.807) is 6.92 Å². The summed E-state index contributed by atoms with van der Waals surface area (Å²) < 4.78 is 92.9. The number of pyridine rings is 1. The van der Waals surface area contributed by atoms with Crippen LogP contribution in [0.15, 0.2) is 59.6 Å². The summed E-state index contributed by atoms with van der Waals surface area (Å²) in [6.45, 7) is 4.13. The number of urea groups is 1. The van der Waals surface area contributed by atoms with Gasteiger partial charge in [-0.1, -0.05) is 0 Å². The van der Waals surface area contributed by atoms with Crippen molar-refractivity contribution in [3.05, 3.63) is 71.4 Å². The van der Waals surface area contributed by atoms with Crippen molar-refractivity contribution in [1.29, 1.82) is 5.26 Å². The number of methoxy groups -OCH3 is 2. The lowest BCUT2D eigenvalue weighted by Crippen LogP contribution is -2.73. The molecular formula is C39H42F3N7O9S. The number of hydrogen-bond donors (Lipinski definition) is 2. The Morgan fingerprint density at radius 1 is 1.05 bits per heavy atom. The van der Waals surface area contributed by atoms with Crippen molar-refractivity contribution in [3.8, 4) is 23.4 Å². The Morgan fingerprint density at radius 2 is 1.78 bits per heavy atom. The van der Waals surface area contributed by atoms with Crippen LogP contribution in [0.3, 0.4) is 0 Å².